The summed E-state index contributed by atoms with van der Waals surface area (Å²) in [6.45, 7) is 7.81. The van der Waals surface area contributed by atoms with Gasteiger partial charge in [0.25, 0.3) is 0 Å². The lowest BCUT2D eigenvalue weighted by Crippen LogP contribution is -2.38. The van der Waals surface area contributed by atoms with Crippen molar-refractivity contribution in [3.05, 3.63) is 16.3 Å². The molecule has 5 rings (SSSR count). The van der Waals surface area contributed by atoms with Crippen LogP contribution in [0.1, 0.15) is 55.3 Å². The zero-order chi connectivity index (χ0) is 19.1. The number of hydrogen-bond donors (Lipinski definition) is 1. The summed E-state index contributed by atoms with van der Waals surface area (Å²) < 4.78 is 0. The molecule has 0 saturated carbocycles. The Bertz CT molecular complexity index is 843. The van der Waals surface area contributed by atoms with E-state index in [-0.39, 0.29) is 6.61 Å². The second kappa shape index (κ2) is 7.88. The first-order valence-corrected chi connectivity index (χ1v) is 11.9. The molecule has 0 bridgehead atoms. The Labute approximate surface area is 171 Å². The molecule has 1 N–H and O–H groups in total. The number of aromatic nitrogens is 2. The third-order valence-electron chi connectivity index (χ3n) is 6.91. The summed E-state index contributed by atoms with van der Waals surface area (Å²) >= 11 is 1.90. The number of rotatable bonds is 4. The molecule has 0 radical (unpaired) electrons. The number of thiophene rings is 1. The van der Waals surface area contributed by atoms with Gasteiger partial charge in [-0.3, -0.25) is 4.90 Å². The topological polar surface area (TPSA) is 52.5 Å². The van der Waals surface area contributed by atoms with Gasteiger partial charge in [-0.25, -0.2) is 9.97 Å². The summed E-state index contributed by atoms with van der Waals surface area (Å²) in [7, 11) is 0. The molecule has 1 atom stereocenters. The van der Waals surface area contributed by atoms with Crippen molar-refractivity contribution >= 4 is 27.4 Å². The summed E-state index contributed by atoms with van der Waals surface area (Å²) in [6, 6.07) is 0. The van der Waals surface area contributed by atoms with Gasteiger partial charge in [-0.2, -0.15) is 0 Å². The maximum atomic E-state index is 9.71. The van der Waals surface area contributed by atoms with E-state index in [0.717, 1.165) is 63.1 Å². The van der Waals surface area contributed by atoms with Gasteiger partial charge in [0.1, 0.15) is 16.5 Å². The van der Waals surface area contributed by atoms with Crippen molar-refractivity contribution in [3.63, 3.8) is 0 Å². The maximum absolute atomic E-state index is 9.71. The highest BCUT2D eigenvalue weighted by Gasteiger charge is 2.28. The molecule has 2 aliphatic heterocycles. The molecule has 2 aromatic heterocycles. The molecule has 6 heteroatoms. The molecule has 5 nitrogen and oxygen atoms in total. The Balaban J connectivity index is 1.50. The zero-order valence-electron chi connectivity index (χ0n) is 17.0. The van der Waals surface area contributed by atoms with Gasteiger partial charge in [-0.1, -0.05) is 6.92 Å². The Morgan fingerprint density at radius 3 is 2.75 bits per heavy atom. The number of nitrogens with zero attached hydrogens (tertiary/aromatic N) is 4. The van der Waals surface area contributed by atoms with Crippen LogP contribution in [0, 0.1) is 11.8 Å². The van der Waals surface area contributed by atoms with Crippen LogP contribution in [-0.2, 0) is 19.4 Å². The molecule has 3 aliphatic rings. The minimum absolute atomic E-state index is 0.283. The van der Waals surface area contributed by atoms with E-state index in [2.05, 4.69) is 16.7 Å². The molecule has 0 aromatic carbocycles. The summed E-state index contributed by atoms with van der Waals surface area (Å²) in [5, 5.41) is 11.0. The normalized spacial score (nSPS) is 24.2. The second-order valence-electron chi connectivity index (χ2n) is 9.10. The Kier molecular flexibility index (Phi) is 5.28. The number of piperidine rings is 2. The van der Waals surface area contributed by atoms with Gasteiger partial charge in [0, 0.05) is 24.6 Å². The van der Waals surface area contributed by atoms with Crippen molar-refractivity contribution in [1.29, 1.82) is 0 Å². The predicted octanol–water partition coefficient (Wildman–Crippen LogP) is 3.62. The first-order valence-electron chi connectivity index (χ1n) is 11.1. The molecule has 2 fully saturated rings. The van der Waals surface area contributed by atoms with Crippen molar-refractivity contribution in [2.75, 3.05) is 37.7 Å². The minimum Gasteiger partial charge on any atom is -0.396 e. The summed E-state index contributed by atoms with van der Waals surface area (Å²) in [5.41, 5.74) is 1.51. The van der Waals surface area contributed by atoms with Gasteiger partial charge < -0.3 is 10.0 Å². The summed E-state index contributed by atoms with van der Waals surface area (Å²) in [4.78, 5) is 17.9. The van der Waals surface area contributed by atoms with E-state index in [4.69, 9.17) is 9.97 Å². The maximum Gasteiger partial charge on any atom is 0.146 e. The lowest BCUT2D eigenvalue weighted by Gasteiger charge is -2.34. The highest BCUT2D eigenvalue weighted by atomic mass is 32.1. The standard InChI is InChI=1S/C22H32N4OS/c1-15-7-10-25(11-8-15)13-19-23-21(26-9-3-4-16(12-26)14-27)20-17-5-2-6-18(17)28-22(20)24-19/h15-16,27H,2-14H2,1H3/t16-/m0/s1. The van der Waals surface area contributed by atoms with E-state index in [1.54, 1.807) is 0 Å². The number of fused-ring (bicyclic) bond motifs is 3. The van der Waals surface area contributed by atoms with E-state index in [1.807, 2.05) is 11.3 Å². The fraction of sp³-hybridized carbons (Fsp3) is 0.727. The van der Waals surface area contributed by atoms with Crippen LogP contribution in [-0.4, -0.2) is 52.8 Å². The summed E-state index contributed by atoms with van der Waals surface area (Å²) in [6.07, 6.45) is 8.48. The van der Waals surface area contributed by atoms with E-state index >= 15 is 0 Å². The van der Waals surface area contributed by atoms with Crippen LogP contribution in [0.4, 0.5) is 5.82 Å². The summed E-state index contributed by atoms with van der Waals surface area (Å²) in [5.74, 6) is 3.36. The number of aliphatic hydroxyl groups is 1. The largest absolute Gasteiger partial charge is 0.396 e. The molecule has 0 spiro atoms. The quantitative estimate of drug-likeness (QED) is 0.849. The van der Waals surface area contributed by atoms with Gasteiger partial charge in [0.05, 0.1) is 11.9 Å². The van der Waals surface area contributed by atoms with Crippen LogP contribution < -0.4 is 4.90 Å². The Hall–Kier alpha value is -1.24. The number of anilines is 1. The Morgan fingerprint density at radius 2 is 1.93 bits per heavy atom. The Morgan fingerprint density at radius 1 is 1.07 bits per heavy atom. The van der Waals surface area contributed by atoms with E-state index in [1.165, 1.54) is 52.8 Å². The third-order valence-corrected chi connectivity index (χ3v) is 8.10. The lowest BCUT2D eigenvalue weighted by molar-refractivity contribution is 0.181. The third kappa shape index (κ3) is 3.55. The van der Waals surface area contributed by atoms with Crippen LogP contribution in [0.15, 0.2) is 0 Å². The molecule has 4 heterocycles. The van der Waals surface area contributed by atoms with E-state index < -0.39 is 0 Å². The smallest absolute Gasteiger partial charge is 0.146 e. The minimum atomic E-state index is 0.283. The lowest BCUT2D eigenvalue weighted by atomic mass is 9.98. The fourth-order valence-corrected chi connectivity index (χ4v) is 6.42. The van der Waals surface area contributed by atoms with Crippen LogP contribution in [0.5, 0.6) is 0 Å². The predicted molar refractivity (Wildman–Crippen MR) is 115 cm³/mol. The fourth-order valence-electron chi connectivity index (χ4n) is 5.15. The van der Waals surface area contributed by atoms with Crippen LogP contribution in [0.3, 0.4) is 0 Å². The zero-order valence-corrected chi connectivity index (χ0v) is 17.8. The average molecular weight is 401 g/mol. The number of aliphatic hydroxyl groups excluding tert-OH is 1. The van der Waals surface area contributed by atoms with Gasteiger partial charge in [0.2, 0.25) is 0 Å². The molecule has 1 aliphatic carbocycles. The van der Waals surface area contributed by atoms with Crippen molar-refractivity contribution in [3.8, 4) is 0 Å². The van der Waals surface area contributed by atoms with Crippen molar-refractivity contribution < 1.29 is 5.11 Å². The van der Waals surface area contributed by atoms with Crippen LogP contribution in [0.25, 0.3) is 10.2 Å². The van der Waals surface area contributed by atoms with Crippen molar-refractivity contribution in [1.82, 2.24) is 14.9 Å². The average Bonchev–Trinajstić information content (AvgIpc) is 3.30. The second-order valence-corrected chi connectivity index (χ2v) is 10.2. The van der Waals surface area contributed by atoms with Crippen molar-refractivity contribution in [2.45, 2.75) is 58.4 Å². The highest BCUT2D eigenvalue weighted by molar-refractivity contribution is 7.19. The monoisotopic (exact) mass is 400 g/mol. The van der Waals surface area contributed by atoms with Crippen LogP contribution >= 0.6 is 11.3 Å². The molecule has 0 amide bonds. The van der Waals surface area contributed by atoms with Gasteiger partial charge in [-0.05, 0) is 75.4 Å². The number of likely N-dealkylation sites (tertiary alicyclic amines) is 1. The van der Waals surface area contributed by atoms with E-state index in [9.17, 15) is 5.11 Å². The first kappa shape index (κ1) is 18.8. The van der Waals surface area contributed by atoms with E-state index in [0.29, 0.717) is 5.92 Å². The number of aryl methyl sites for hydroxylation is 2. The number of hydrogen-bond acceptors (Lipinski definition) is 6. The molecular formula is C22H32N4OS. The SMILES string of the molecule is CC1CCN(Cc2nc(N3CCC[C@H](CO)C3)c3c4c(sc3n2)CCC4)CC1. The highest BCUT2D eigenvalue weighted by Crippen LogP contribution is 2.41. The van der Waals surface area contributed by atoms with Gasteiger partial charge in [0.15, 0.2) is 0 Å². The molecule has 152 valence electrons. The molecular weight excluding hydrogens is 368 g/mol. The molecule has 0 unspecified atom stereocenters. The molecule has 28 heavy (non-hydrogen) atoms. The van der Waals surface area contributed by atoms with Gasteiger partial charge >= 0.3 is 0 Å². The van der Waals surface area contributed by atoms with Crippen LogP contribution in [0.2, 0.25) is 0 Å². The molecule has 2 saturated heterocycles. The molecule has 2 aromatic rings. The first-order chi connectivity index (χ1) is 13.7. The van der Waals surface area contributed by atoms with Crippen molar-refractivity contribution in [2.24, 2.45) is 11.8 Å². The van der Waals surface area contributed by atoms with Gasteiger partial charge in [-0.15, -0.1) is 11.3 Å².